The van der Waals surface area contributed by atoms with Gasteiger partial charge in [-0.25, -0.2) is 14.1 Å². The summed E-state index contributed by atoms with van der Waals surface area (Å²) in [5, 5.41) is 28.3. The fraction of sp³-hybridized carbons (Fsp3) is 0.417. The van der Waals surface area contributed by atoms with E-state index >= 15 is 0 Å². The highest BCUT2D eigenvalue weighted by atomic mass is 31.2. The van der Waals surface area contributed by atoms with Gasteiger partial charge in [0.1, 0.15) is 36.7 Å². The topological polar surface area (TPSA) is 213 Å². The van der Waals surface area contributed by atoms with Gasteiger partial charge in [0, 0.05) is 0 Å². The molecule has 1 aliphatic heterocycles. The van der Waals surface area contributed by atoms with Crippen molar-refractivity contribution in [3.8, 4) is 18.1 Å². The first-order valence-corrected chi connectivity index (χ1v) is 13.6. The van der Waals surface area contributed by atoms with Crippen LogP contribution < -0.4 is 20.9 Å². The fourth-order valence-electron chi connectivity index (χ4n) is 3.96. The monoisotopic (exact) mass is 576 g/mol. The molecular formula is C24H29N6O9P. The highest BCUT2D eigenvalue weighted by molar-refractivity contribution is 7.52. The number of nitrogens with one attached hydrogen (secondary N) is 2. The van der Waals surface area contributed by atoms with Gasteiger partial charge in [-0.1, -0.05) is 24.1 Å². The lowest BCUT2D eigenvalue weighted by molar-refractivity contribution is -0.149. The van der Waals surface area contributed by atoms with Crippen molar-refractivity contribution in [2.45, 2.75) is 56.8 Å². The zero-order chi connectivity index (χ0) is 29.2. The second kappa shape index (κ2) is 11.4. The number of ether oxygens (including phenoxy) is 2. The number of aliphatic hydroxyl groups is 2. The number of nitrogen functional groups attached to an aromatic ring is 1. The highest BCUT2D eigenvalue weighted by Gasteiger charge is 2.56. The summed E-state index contributed by atoms with van der Waals surface area (Å²) in [6.07, 6.45) is 1.73. The number of H-pyrrole nitrogens is 1. The lowest BCUT2D eigenvalue weighted by atomic mass is 9.96. The van der Waals surface area contributed by atoms with Crippen LogP contribution in [0.5, 0.6) is 5.75 Å². The summed E-state index contributed by atoms with van der Waals surface area (Å²) >= 11 is 0. The standard InChI is InChI=1S/C24H29N6O9P/c1-5-24(19(32)17(31)18(38-24)16-11-26-20-21(33)27-23(25)28-30(16)20)12-36-40(35,39-15-9-7-6-8-10-15)29-14(4)22(34)37-13(2)3/h1,6-11,13-14,17-19,31-32H,12H2,2-4H3,(H,29,35)(H3,25,27,28,33)/t14-,17?,18-,19+,24+,40-/m0/s1. The van der Waals surface area contributed by atoms with E-state index in [1.807, 2.05) is 0 Å². The zero-order valence-corrected chi connectivity index (χ0v) is 22.6. The van der Waals surface area contributed by atoms with Crippen LogP contribution in [0.1, 0.15) is 32.6 Å². The Morgan fingerprint density at radius 2 is 2.05 bits per heavy atom. The molecule has 1 aliphatic rings. The third kappa shape index (κ3) is 5.87. The predicted molar refractivity (Wildman–Crippen MR) is 140 cm³/mol. The second-order valence-electron chi connectivity index (χ2n) is 9.28. The maximum atomic E-state index is 13.8. The Bertz CT molecular complexity index is 1520. The molecule has 40 heavy (non-hydrogen) atoms. The third-order valence-electron chi connectivity index (χ3n) is 5.88. The van der Waals surface area contributed by atoms with E-state index in [-0.39, 0.29) is 23.0 Å². The number of nitrogens with zero attached hydrogens (tertiary/aromatic N) is 3. The minimum atomic E-state index is -4.39. The number of terminal acetylenes is 1. The summed E-state index contributed by atoms with van der Waals surface area (Å²) in [5.41, 5.74) is 2.85. The summed E-state index contributed by atoms with van der Waals surface area (Å²) in [5.74, 6) is 1.46. The van der Waals surface area contributed by atoms with E-state index in [2.05, 4.69) is 26.1 Å². The van der Waals surface area contributed by atoms with Crippen molar-refractivity contribution >= 4 is 25.3 Å². The molecule has 1 unspecified atom stereocenters. The van der Waals surface area contributed by atoms with Crippen LogP contribution in [-0.4, -0.2) is 72.3 Å². The minimum absolute atomic E-state index is 0.0587. The highest BCUT2D eigenvalue weighted by Crippen LogP contribution is 2.48. The van der Waals surface area contributed by atoms with Gasteiger partial charge in [0.15, 0.2) is 5.60 Å². The van der Waals surface area contributed by atoms with E-state index in [1.165, 1.54) is 25.3 Å². The molecular weight excluding hydrogens is 547 g/mol. The number of esters is 1. The van der Waals surface area contributed by atoms with Crippen molar-refractivity contribution in [1.82, 2.24) is 24.7 Å². The minimum Gasteiger partial charge on any atom is -0.462 e. The number of carbonyl (C=O) groups excluding carboxylic acids is 1. The number of hydrogen-bond donors (Lipinski definition) is 5. The molecule has 6 N–H and O–H groups in total. The molecule has 3 heterocycles. The van der Waals surface area contributed by atoms with Crippen LogP contribution in [0.25, 0.3) is 5.65 Å². The van der Waals surface area contributed by atoms with Crippen molar-refractivity contribution in [2.24, 2.45) is 0 Å². The molecule has 0 radical (unpaired) electrons. The van der Waals surface area contributed by atoms with Crippen molar-refractivity contribution in [1.29, 1.82) is 0 Å². The quantitative estimate of drug-likeness (QED) is 0.125. The predicted octanol–water partition coefficient (Wildman–Crippen LogP) is 0.298. The van der Waals surface area contributed by atoms with Crippen LogP contribution in [0.2, 0.25) is 0 Å². The van der Waals surface area contributed by atoms with Crippen LogP contribution in [0.4, 0.5) is 5.95 Å². The number of aromatic nitrogens is 4. The Kier molecular flexibility index (Phi) is 8.31. The normalized spacial score (nSPS) is 24.9. The van der Waals surface area contributed by atoms with Gasteiger partial charge in [0.25, 0.3) is 5.56 Å². The Labute approximate surface area is 228 Å². The largest absolute Gasteiger partial charge is 0.462 e. The van der Waals surface area contributed by atoms with Crippen LogP contribution in [0.3, 0.4) is 0 Å². The molecule has 16 heteroatoms. The van der Waals surface area contributed by atoms with Gasteiger partial charge >= 0.3 is 13.7 Å². The average molecular weight is 577 g/mol. The number of fused-ring (bicyclic) bond motifs is 1. The maximum Gasteiger partial charge on any atom is 0.459 e. The number of hydrogen-bond acceptors (Lipinski definition) is 12. The molecule has 0 saturated carbocycles. The number of aliphatic hydroxyl groups excluding tert-OH is 2. The first-order valence-electron chi connectivity index (χ1n) is 12.1. The summed E-state index contributed by atoms with van der Waals surface area (Å²) in [4.78, 5) is 30.8. The van der Waals surface area contributed by atoms with E-state index in [4.69, 9.17) is 30.7 Å². The van der Waals surface area contributed by atoms with Crippen LogP contribution in [-0.2, 0) is 23.4 Å². The molecule has 0 amide bonds. The molecule has 214 valence electrons. The summed E-state index contributed by atoms with van der Waals surface area (Å²) < 4.78 is 37.1. The van der Waals surface area contributed by atoms with E-state index in [0.717, 1.165) is 4.52 Å². The number of anilines is 1. The third-order valence-corrected chi connectivity index (χ3v) is 7.50. The van der Waals surface area contributed by atoms with Gasteiger partial charge in [-0.05, 0) is 32.9 Å². The molecule has 0 bridgehead atoms. The lowest BCUT2D eigenvalue weighted by Crippen LogP contribution is -2.46. The zero-order valence-electron chi connectivity index (χ0n) is 21.8. The maximum absolute atomic E-state index is 13.8. The molecule has 6 atom stereocenters. The molecule has 0 aliphatic carbocycles. The number of carbonyl (C=O) groups is 1. The van der Waals surface area contributed by atoms with Crippen LogP contribution >= 0.6 is 7.75 Å². The van der Waals surface area contributed by atoms with Gasteiger partial charge in [-0.3, -0.25) is 19.1 Å². The number of imidazole rings is 1. The van der Waals surface area contributed by atoms with Crippen LogP contribution in [0, 0.1) is 12.3 Å². The van der Waals surface area contributed by atoms with E-state index < -0.39 is 61.9 Å². The number of rotatable bonds is 10. The van der Waals surface area contributed by atoms with Crippen molar-refractivity contribution in [3.63, 3.8) is 0 Å². The summed E-state index contributed by atoms with van der Waals surface area (Å²) in [7, 11) is -4.39. The number of benzene rings is 1. The van der Waals surface area contributed by atoms with Gasteiger partial charge in [-0.2, -0.15) is 5.09 Å². The van der Waals surface area contributed by atoms with Crippen molar-refractivity contribution < 1.29 is 38.1 Å². The Morgan fingerprint density at radius 1 is 1.35 bits per heavy atom. The molecule has 0 spiro atoms. The Morgan fingerprint density at radius 3 is 2.70 bits per heavy atom. The number of aromatic amines is 1. The summed E-state index contributed by atoms with van der Waals surface area (Å²) in [6, 6.07) is 6.86. The lowest BCUT2D eigenvalue weighted by Gasteiger charge is -2.29. The van der Waals surface area contributed by atoms with E-state index in [9.17, 15) is 24.4 Å². The molecule has 1 fully saturated rings. The molecule has 4 rings (SSSR count). The smallest absolute Gasteiger partial charge is 0.459 e. The van der Waals surface area contributed by atoms with E-state index in [0.29, 0.717) is 0 Å². The SMILES string of the molecule is C#C[C@]1(CO[P@@](=O)(N[C@@H](C)C(=O)OC(C)C)Oc2ccccc2)O[C@@H](c2cnc3c(=O)[nH]c(N)nn23)C(O)[C@H]1O. The second-order valence-corrected chi connectivity index (χ2v) is 11.0. The molecule has 2 aromatic heterocycles. The molecule has 15 nitrogen and oxygen atoms in total. The number of para-hydroxylation sites is 1. The fourth-order valence-corrected chi connectivity index (χ4v) is 5.48. The Hall–Kier alpha value is -3.77. The van der Waals surface area contributed by atoms with Crippen molar-refractivity contribution in [3.05, 3.63) is 52.6 Å². The van der Waals surface area contributed by atoms with Gasteiger partial charge in [0.2, 0.25) is 11.6 Å². The van der Waals surface area contributed by atoms with Gasteiger partial charge in [-0.15, -0.1) is 11.5 Å². The number of nitrogens with two attached hydrogens (primary N) is 1. The molecule has 3 aromatic rings. The average Bonchev–Trinajstić information content (AvgIpc) is 3.42. The molecule has 1 aromatic carbocycles. The first kappa shape index (κ1) is 29.2. The molecule has 1 saturated heterocycles. The van der Waals surface area contributed by atoms with E-state index in [1.54, 1.807) is 32.0 Å². The van der Waals surface area contributed by atoms with Crippen LogP contribution in [0.15, 0.2) is 41.3 Å². The Balaban J connectivity index is 1.61. The van der Waals surface area contributed by atoms with Gasteiger partial charge < -0.3 is 29.9 Å². The first-order chi connectivity index (χ1) is 18.9. The van der Waals surface area contributed by atoms with Crippen molar-refractivity contribution in [2.75, 3.05) is 12.3 Å². The van der Waals surface area contributed by atoms with Gasteiger partial charge in [0.05, 0.1) is 18.0 Å². The summed E-state index contributed by atoms with van der Waals surface area (Å²) in [6.45, 7) is 3.95.